The summed E-state index contributed by atoms with van der Waals surface area (Å²) >= 11 is 3.48. The number of hydrogen-bond donors (Lipinski definition) is 1. The molecule has 0 radical (unpaired) electrons. The fourth-order valence-corrected chi connectivity index (χ4v) is 3.82. The molecule has 1 N–H and O–H groups in total. The molecule has 0 bridgehead atoms. The van der Waals surface area contributed by atoms with E-state index in [4.69, 9.17) is 4.74 Å². The van der Waals surface area contributed by atoms with Gasteiger partial charge < -0.3 is 10.1 Å². The smallest absolute Gasteiger partial charge is 0.220 e. The Morgan fingerprint density at radius 2 is 2.29 bits per heavy atom. The second-order valence-electron chi connectivity index (χ2n) is 6.86. The lowest BCUT2D eigenvalue weighted by Crippen LogP contribution is -2.46. The maximum absolute atomic E-state index is 12.1. The van der Waals surface area contributed by atoms with E-state index in [0.717, 1.165) is 47.8 Å². The summed E-state index contributed by atoms with van der Waals surface area (Å²) in [6.07, 6.45) is 3.85. The third kappa shape index (κ3) is 5.78. The number of ether oxygens (including phenoxy) is 1. The van der Waals surface area contributed by atoms with Gasteiger partial charge in [0.05, 0.1) is 11.6 Å². The van der Waals surface area contributed by atoms with E-state index in [0.29, 0.717) is 12.5 Å². The molecular weight excluding hydrogens is 368 g/mol. The Morgan fingerprint density at radius 3 is 2.96 bits per heavy atom. The molecule has 0 saturated carbocycles. The van der Waals surface area contributed by atoms with Crippen molar-refractivity contribution in [1.82, 2.24) is 10.2 Å². The van der Waals surface area contributed by atoms with Gasteiger partial charge in [0.15, 0.2) is 0 Å². The van der Waals surface area contributed by atoms with Gasteiger partial charge >= 0.3 is 0 Å². The van der Waals surface area contributed by atoms with Crippen molar-refractivity contribution in [2.45, 2.75) is 45.6 Å². The van der Waals surface area contributed by atoms with Crippen LogP contribution in [0.4, 0.5) is 0 Å². The Labute approximate surface area is 154 Å². The van der Waals surface area contributed by atoms with Crippen LogP contribution >= 0.6 is 15.9 Å². The lowest BCUT2D eigenvalue weighted by atomic mass is 9.99. The summed E-state index contributed by atoms with van der Waals surface area (Å²) in [4.78, 5) is 14.6. The van der Waals surface area contributed by atoms with Crippen molar-refractivity contribution in [2.24, 2.45) is 5.92 Å². The van der Waals surface area contributed by atoms with Gasteiger partial charge in [-0.15, -0.1) is 0 Å². The number of carbonyl (C=O) groups is 1. The molecule has 0 spiro atoms. The van der Waals surface area contributed by atoms with Crippen LogP contribution in [0.25, 0.3) is 0 Å². The number of methoxy groups -OCH3 is 1. The number of halogens is 1. The number of rotatable bonds is 7. The monoisotopic (exact) mass is 396 g/mol. The van der Waals surface area contributed by atoms with E-state index in [9.17, 15) is 4.79 Å². The number of nitrogens with one attached hydrogen (secondary N) is 1. The fraction of sp³-hybridized carbons (Fsp3) is 0.632. The first-order valence-corrected chi connectivity index (χ1v) is 9.62. The summed E-state index contributed by atoms with van der Waals surface area (Å²) in [6.45, 7) is 7.55. The molecule has 0 aliphatic carbocycles. The first-order valence-electron chi connectivity index (χ1n) is 8.82. The van der Waals surface area contributed by atoms with E-state index in [2.05, 4.69) is 40.0 Å². The third-order valence-corrected chi connectivity index (χ3v) is 5.38. The summed E-state index contributed by atoms with van der Waals surface area (Å²) in [7, 11) is 1.65. The molecule has 1 saturated heterocycles. The Kier molecular flexibility index (Phi) is 7.56. The van der Waals surface area contributed by atoms with Gasteiger partial charge in [-0.1, -0.05) is 13.0 Å². The molecule has 5 heteroatoms. The van der Waals surface area contributed by atoms with Gasteiger partial charge in [-0.05, 0) is 72.3 Å². The molecule has 134 valence electrons. The molecule has 0 aromatic heterocycles. The molecule has 2 atom stereocenters. The van der Waals surface area contributed by atoms with Crippen LogP contribution in [0.15, 0.2) is 22.7 Å². The molecule has 2 unspecified atom stereocenters. The highest BCUT2D eigenvalue weighted by atomic mass is 79.9. The average Bonchev–Trinajstić information content (AvgIpc) is 2.58. The highest BCUT2D eigenvalue weighted by Crippen LogP contribution is 2.26. The van der Waals surface area contributed by atoms with Crippen LogP contribution in [0.1, 0.15) is 38.7 Å². The minimum atomic E-state index is 0.124. The zero-order valence-corrected chi connectivity index (χ0v) is 16.6. The highest BCUT2D eigenvalue weighted by Gasteiger charge is 2.21. The zero-order valence-electron chi connectivity index (χ0n) is 15.0. The Hall–Kier alpha value is -1.07. The predicted octanol–water partition coefficient (Wildman–Crippen LogP) is 3.63. The number of nitrogens with zero attached hydrogens (tertiary/aromatic N) is 1. The van der Waals surface area contributed by atoms with Crippen molar-refractivity contribution in [1.29, 1.82) is 0 Å². The van der Waals surface area contributed by atoms with Crippen LogP contribution in [0, 0.1) is 5.92 Å². The minimum Gasteiger partial charge on any atom is -0.496 e. The highest BCUT2D eigenvalue weighted by molar-refractivity contribution is 9.10. The standard InChI is InChI=1S/C19H29BrN2O2/c1-14-5-4-10-22(13-14)15(2)12-21-19(23)9-7-16-6-8-18(24-3)17(20)11-16/h6,8,11,14-15H,4-5,7,9-10,12-13H2,1-3H3,(H,21,23). The number of aryl methyl sites for hydroxylation is 1. The number of carbonyl (C=O) groups excluding carboxylic acids is 1. The second kappa shape index (κ2) is 9.42. The average molecular weight is 397 g/mol. The molecule has 1 aliphatic heterocycles. The summed E-state index contributed by atoms with van der Waals surface area (Å²) in [5, 5.41) is 3.08. The molecule has 1 heterocycles. The van der Waals surface area contributed by atoms with E-state index in [1.54, 1.807) is 7.11 Å². The van der Waals surface area contributed by atoms with E-state index in [-0.39, 0.29) is 5.91 Å². The Morgan fingerprint density at radius 1 is 1.50 bits per heavy atom. The van der Waals surface area contributed by atoms with Crippen LogP contribution in [0.2, 0.25) is 0 Å². The van der Waals surface area contributed by atoms with Gasteiger partial charge in [-0.2, -0.15) is 0 Å². The van der Waals surface area contributed by atoms with Crippen molar-refractivity contribution >= 4 is 21.8 Å². The lowest BCUT2D eigenvalue weighted by Gasteiger charge is -2.35. The molecule has 1 fully saturated rings. The number of piperidine rings is 1. The molecule has 2 rings (SSSR count). The molecule has 1 aromatic rings. The van der Waals surface area contributed by atoms with Gasteiger partial charge in [-0.25, -0.2) is 0 Å². The second-order valence-corrected chi connectivity index (χ2v) is 7.72. The molecule has 24 heavy (non-hydrogen) atoms. The van der Waals surface area contributed by atoms with Crippen molar-refractivity contribution in [2.75, 3.05) is 26.7 Å². The topological polar surface area (TPSA) is 41.6 Å². The first-order chi connectivity index (χ1) is 11.5. The number of benzene rings is 1. The Bertz CT molecular complexity index is 550. The van der Waals surface area contributed by atoms with Gasteiger partial charge in [0.1, 0.15) is 5.75 Å². The first kappa shape index (κ1) is 19.3. The van der Waals surface area contributed by atoms with Crippen molar-refractivity contribution in [3.8, 4) is 5.75 Å². The number of hydrogen-bond acceptors (Lipinski definition) is 3. The van der Waals surface area contributed by atoms with E-state index in [1.165, 1.54) is 12.8 Å². The normalized spacial score (nSPS) is 19.8. The van der Waals surface area contributed by atoms with Crippen LogP contribution < -0.4 is 10.1 Å². The number of amides is 1. The van der Waals surface area contributed by atoms with E-state index in [1.807, 2.05) is 18.2 Å². The maximum atomic E-state index is 12.1. The summed E-state index contributed by atoms with van der Waals surface area (Å²) < 4.78 is 6.15. The molecule has 1 aliphatic rings. The zero-order chi connectivity index (χ0) is 17.5. The summed E-state index contributed by atoms with van der Waals surface area (Å²) in [6, 6.07) is 6.36. The Balaban J connectivity index is 1.72. The van der Waals surface area contributed by atoms with Crippen LogP contribution in [0.3, 0.4) is 0 Å². The van der Waals surface area contributed by atoms with Gasteiger partial charge in [0, 0.05) is 25.6 Å². The largest absolute Gasteiger partial charge is 0.496 e. The van der Waals surface area contributed by atoms with E-state index >= 15 is 0 Å². The summed E-state index contributed by atoms with van der Waals surface area (Å²) in [5.41, 5.74) is 1.13. The lowest BCUT2D eigenvalue weighted by molar-refractivity contribution is -0.121. The minimum absolute atomic E-state index is 0.124. The quantitative estimate of drug-likeness (QED) is 0.764. The van der Waals surface area contributed by atoms with E-state index < -0.39 is 0 Å². The van der Waals surface area contributed by atoms with Crippen LogP contribution in [-0.4, -0.2) is 43.6 Å². The predicted molar refractivity (Wildman–Crippen MR) is 101 cm³/mol. The van der Waals surface area contributed by atoms with Gasteiger partial charge in [0.2, 0.25) is 5.91 Å². The SMILES string of the molecule is COc1ccc(CCC(=O)NCC(C)N2CCCC(C)C2)cc1Br. The van der Waals surface area contributed by atoms with Crippen molar-refractivity contribution in [3.05, 3.63) is 28.2 Å². The van der Waals surface area contributed by atoms with Crippen LogP contribution in [-0.2, 0) is 11.2 Å². The number of likely N-dealkylation sites (tertiary alicyclic amines) is 1. The summed E-state index contributed by atoms with van der Waals surface area (Å²) in [5.74, 6) is 1.71. The van der Waals surface area contributed by atoms with Crippen molar-refractivity contribution < 1.29 is 9.53 Å². The molecule has 4 nitrogen and oxygen atoms in total. The van der Waals surface area contributed by atoms with Gasteiger partial charge in [-0.3, -0.25) is 9.69 Å². The maximum Gasteiger partial charge on any atom is 0.220 e. The van der Waals surface area contributed by atoms with Gasteiger partial charge in [0.25, 0.3) is 0 Å². The molecular formula is C19H29BrN2O2. The van der Waals surface area contributed by atoms with Crippen molar-refractivity contribution in [3.63, 3.8) is 0 Å². The third-order valence-electron chi connectivity index (χ3n) is 4.76. The van der Waals surface area contributed by atoms with Crippen LogP contribution in [0.5, 0.6) is 5.75 Å². The fourth-order valence-electron chi connectivity index (χ4n) is 3.23. The molecule has 1 amide bonds. The molecule has 1 aromatic carbocycles.